The number of aromatic nitrogens is 2. The molecule has 2 saturated carbocycles. The number of anilines is 1. The van der Waals surface area contributed by atoms with E-state index in [0.29, 0.717) is 35.1 Å². The molecule has 2 aliphatic carbocycles. The highest BCUT2D eigenvalue weighted by Gasteiger charge is 2.48. The fourth-order valence-electron chi connectivity index (χ4n) is 5.99. The van der Waals surface area contributed by atoms with E-state index in [9.17, 15) is 9.18 Å². The number of hydrogen-bond donors (Lipinski definition) is 1. The number of nitrogens with zero attached hydrogens (tertiary/aromatic N) is 2. The lowest BCUT2D eigenvalue weighted by Crippen LogP contribution is -2.37. The van der Waals surface area contributed by atoms with E-state index in [0.717, 1.165) is 36.6 Å². The Hall–Kier alpha value is -3.26. The number of terminal acetylenes is 1. The molecule has 5 rings (SSSR count). The number of carbonyl (C=O) groups excluding carboxylic acids is 1. The zero-order valence-electron chi connectivity index (χ0n) is 19.0. The van der Waals surface area contributed by atoms with Crippen molar-refractivity contribution in [2.45, 2.75) is 45.4 Å². The van der Waals surface area contributed by atoms with Crippen molar-refractivity contribution < 1.29 is 9.18 Å². The van der Waals surface area contributed by atoms with Gasteiger partial charge < -0.3 is 5.32 Å². The Labute approximate surface area is 194 Å². The second-order valence-corrected chi connectivity index (χ2v) is 10.2. The van der Waals surface area contributed by atoms with Crippen LogP contribution in [-0.2, 0) is 4.79 Å². The molecule has 0 bridgehead atoms. The van der Waals surface area contributed by atoms with E-state index in [1.807, 2.05) is 20.0 Å². The van der Waals surface area contributed by atoms with Crippen molar-refractivity contribution in [1.82, 2.24) is 9.97 Å². The number of rotatable bonds is 4. The van der Waals surface area contributed by atoms with E-state index in [1.165, 1.54) is 11.6 Å². The lowest BCUT2D eigenvalue weighted by Gasteiger charge is -2.31. The normalized spacial score (nSPS) is 24.4. The van der Waals surface area contributed by atoms with Gasteiger partial charge in [0.05, 0.1) is 17.4 Å². The molecule has 1 N–H and O–H groups in total. The molecule has 4 atom stereocenters. The van der Waals surface area contributed by atoms with Crippen LogP contribution in [-0.4, -0.2) is 15.9 Å². The first-order valence-electron chi connectivity index (χ1n) is 11.6. The SMILES string of the molecule is C#Cc1ccc(NC(=O)C(C)(C)C2CC3CC(c4ccnc5ccc(F)cc45)C[C@@H]3C2)cn1. The molecular weight excluding hydrogens is 413 g/mol. The Bertz CT molecular complexity index is 1230. The molecule has 1 aromatic carbocycles. The summed E-state index contributed by atoms with van der Waals surface area (Å²) >= 11 is 0. The van der Waals surface area contributed by atoms with Crippen molar-refractivity contribution in [1.29, 1.82) is 0 Å². The minimum atomic E-state index is -0.475. The maximum atomic E-state index is 13.9. The van der Waals surface area contributed by atoms with Gasteiger partial charge in [-0.15, -0.1) is 6.42 Å². The summed E-state index contributed by atoms with van der Waals surface area (Å²) in [6.07, 6.45) is 13.1. The van der Waals surface area contributed by atoms with Gasteiger partial charge in [-0.05, 0) is 91.3 Å². The van der Waals surface area contributed by atoms with Crippen LogP contribution >= 0.6 is 0 Å². The molecular formula is C28H28FN3O. The third kappa shape index (κ3) is 3.99. The first-order chi connectivity index (χ1) is 15.8. The molecule has 0 spiro atoms. The van der Waals surface area contributed by atoms with E-state index < -0.39 is 5.41 Å². The van der Waals surface area contributed by atoms with Gasteiger partial charge in [0.25, 0.3) is 0 Å². The van der Waals surface area contributed by atoms with Crippen LogP contribution in [0, 0.1) is 41.3 Å². The lowest BCUT2D eigenvalue weighted by atomic mass is 9.75. The van der Waals surface area contributed by atoms with E-state index in [-0.39, 0.29) is 11.7 Å². The average molecular weight is 442 g/mol. The van der Waals surface area contributed by atoms with Crippen LogP contribution in [0.15, 0.2) is 48.8 Å². The van der Waals surface area contributed by atoms with Crippen molar-refractivity contribution in [3.8, 4) is 12.3 Å². The number of pyridine rings is 2. The Kier molecular flexibility index (Phi) is 5.40. The van der Waals surface area contributed by atoms with Crippen molar-refractivity contribution in [2.75, 3.05) is 5.32 Å². The summed E-state index contributed by atoms with van der Waals surface area (Å²) in [6.45, 7) is 4.10. The van der Waals surface area contributed by atoms with Gasteiger partial charge in [0.15, 0.2) is 0 Å². The maximum absolute atomic E-state index is 13.9. The van der Waals surface area contributed by atoms with Gasteiger partial charge in [0.1, 0.15) is 11.5 Å². The average Bonchev–Trinajstić information content (AvgIpc) is 3.39. The minimum Gasteiger partial charge on any atom is -0.324 e. The third-order valence-corrected chi connectivity index (χ3v) is 7.97. The first-order valence-corrected chi connectivity index (χ1v) is 11.6. The highest BCUT2D eigenvalue weighted by molar-refractivity contribution is 5.95. The molecule has 2 aliphatic rings. The molecule has 4 nitrogen and oxygen atoms in total. The summed E-state index contributed by atoms with van der Waals surface area (Å²) in [5.41, 5.74) is 2.81. The molecule has 3 unspecified atom stereocenters. The largest absolute Gasteiger partial charge is 0.324 e. The molecule has 3 aromatic rings. The Morgan fingerprint density at radius 2 is 1.85 bits per heavy atom. The molecule has 0 radical (unpaired) electrons. The molecule has 1 amide bonds. The van der Waals surface area contributed by atoms with Gasteiger partial charge in [0, 0.05) is 17.0 Å². The number of benzene rings is 1. The molecule has 2 aromatic heterocycles. The van der Waals surface area contributed by atoms with Gasteiger partial charge in [-0.1, -0.05) is 19.8 Å². The maximum Gasteiger partial charge on any atom is 0.230 e. The molecule has 5 heteroatoms. The van der Waals surface area contributed by atoms with E-state index >= 15 is 0 Å². The number of fused-ring (bicyclic) bond motifs is 2. The van der Waals surface area contributed by atoms with Crippen molar-refractivity contribution in [3.63, 3.8) is 0 Å². The number of halogens is 1. The molecule has 2 fully saturated rings. The van der Waals surface area contributed by atoms with Crippen LogP contribution in [0.2, 0.25) is 0 Å². The van der Waals surface area contributed by atoms with Crippen molar-refractivity contribution >= 4 is 22.5 Å². The first kappa shape index (κ1) is 21.6. The quantitative estimate of drug-likeness (QED) is 0.510. The van der Waals surface area contributed by atoms with E-state index in [2.05, 4.69) is 27.3 Å². The number of amides is 1. The fraction of sp³-hybridized carbons (Fsp3) is 0.393. The summed E-state index contributed by atoms with van der Waals surface area (Å²) in [6, 6.07) is 10.4. The van der Waals surface area contributed by atoms with Gasteiger partial charge in [-0.25, -0.2) is 9.37 Å². The van der Waals surface area contributed by atoms with Crippen molar-refractivity contribution in [2.24, 2.45) is 23.2 Å². The molecule has 0 aliphatic heterocycles. The zero-order chi connectivity index (χ0) is 23.2. The standard InChI is InChI=1S/C28H28FN3O/c1-4-22-6-7-23(16-31-22)32-27(33)28(2,3)20-13-17-11-19(12-18(17)14-20)24-9-10-30-26-8-5-21(29)15-25(24)26/h1,5-10,15-20H,11-14H2,2-3H3,(H,32,33)/t17-,18?,19?,20?/m1/s1. The zero-order valence-corrected chi connectivity index (χ0v) is 19.0. The predicted molar refractivity (Wildman–Crippen MR) is 128 cm³/mol. The lowest BCUT2D eigenvalue weighted by molar-refractivity contribution is -0.126. The van der Waals surface area contributed by atoms with Crippen molar-refractivity contribution in [3.05, 3.63) is 65.9 Å². The highest BCUT2D eigenvalue weighted by Crippen LogP contribution is 2.56. The van der Waals surface area contributed by atoms with Gasteiger partial charge in [0.2, 0.25) is 5.91 Å². The summed E-state index contributed by atoms with van der Waals surface area (Å²) in [5.74, 6) is 4.24. The predicted octanol–water partition coefficient (Wildman–Crippen LogP) is 5.93. The van der Waals surface area contributed by atoms with Crippen LogP contribution in [0.25, 0.3) is 10.9 Å². The fourth-order valence-corrected chi connectivity index (χ4v) is 5.99. The third-order valence-electron chi connectivity index (χ3n) is 7.97. The second kappa shape index (κ2) is 8.26. The molecule has 0 saturated heterocycles. The summed E-state index contributed by atoms with van der Waals surface area (Å²) < 4.78 is 13.9. The van der Waals surface area contributed by atoms with Crippen LogP contribution < -0.4 is 5.32 Å². The van der Waals surface area contributed by atoms with Crippen LogP contribution in [0.3, 0.4) is 0 Å². The molecule has 168 valence electrons. The number of carbonyl (C=O) groups is 1. The number of nitrogens with one attached hydrogen (secondary N) is 1. The summed E-state index contributed by atoms with van der Waals surface area (Å²) in [5, 5.41) is 3.96. The summed E-state index contributed by atoms with van der Waals surface area (Å²) in [4.78, 5) is 21.7. The van der Waals surface area contributed by atoms with E-state index in [4.69, 9.17) is 6.42 Å². The monoisotopic (exact) mass is 441 g/mol. The van der Waals surface area contributed by atoms with Gasteiger partial charge in [-0.2, -0.15) is 0 Å². The second-order valence-electron chi connectivity index (χ2n) is 10.2. The Morgan fingerprint density at radius 1 is 1.09 bits per heavy atom. The summed E-state index contributed by atoms with van der Waals surface area (Å²) in [7, 11) is 0. The van der Waals surface area contributed by atoms with Crippen LogP contribution in [0.5, 0.6) is 0 Å². The van der Waals surface area contributed by atoms with E-state index in [1.54, 1.807) is 30.5 Å². The van der Waals surface area contributed by atoms with Gasteiger partial charge in [-0.3, -0.25) is 9.78 Å². The Balaban J connectivity index is 1.27. The van der Waals surface area contributed by atoms with Crippen LogP contribution in [0.1, 0.15) is 56.7 Å². The topological polar surface area (TPSA) is 54.9 Å². The highest BCUT2D eigenvalue weighted by atomic mass is 19.1. The van der Waals surface area contributed by atoms with Gasteiger partial charge >= 0.3 is 0 Å². The molecule has 33 heavy (non-hydrogen) atoms. The Morgan fingerprint density at radius 3 is 2.52 bits per heavy atom. The number of hydrogen-bond acceptors (Lipinski definition) is 3. The van der Waals surface area contributed by atoms with Crippen LogP contribution in [0.4, 0.5) is 10.1 Å². The smallest absolute Gasteiger partial charge is 0.230 e. The minimum absolute atomic E-state index is 0.0230. The molecule has 2 heterocycles.